The first-order chi connectivity index (χ1) is 31.2. The van der Waals surface area contributed by atoms with Gasteiger partial charge in [-0.25, -0.2) is 0 Å². The van der Waals surface area contributed by atoms with E-state index in [0.29, 0.717) is 23.7 Å². The van der Waals surface area contributed by atoms with E-state index in [9.17, 15) is 0 Å². The molecule has 7 heterocycles. The van der Waals surface area contributed by atoms with E-state index in [1.54, 1.807) is 0 Å². The number of fused-ring (bicyclic) bond motifs is 21. The van der Waals surface area contributed by atoms with Gasteiger partial charge in [0.25, 0.3) is 0 Å². The number of ether oxygens (including phenoxy) is 2. The molecule has 0 unspecified atom stereocenters. The maximum Gasteiger partial charge on any atom is 0.459 e. The van der Waals surface area contributed by atoms with Crippen molar-refractivity contribution in [2.24, 2.45) is 0 Å². The summed E-state index contributed by atoms with van der Waals surface area (Å²) in [7, 11) is 0. The van der Waals surface area contributed by atoms with E-state index in [0.717, 1.165) is 79.6 Å². The molecule has 6 aliphatic rings. The average molecular weight is 853 g/mol. The minimum atomic E-state index is -0.310. The van der Waals surface area contributed by atoms with Gasteiger partial charge in [-0.15, -0.1) is 0 Å². The smallest absolute Gasteiger partial charge is 0.459 e. The van der Waals surface area contributed by atoms with Gasteiger partial charge in [0.2, 0.25) is 0 Å². The zero-order chi connectivity index (χ0) is 44.8. The molecule has 9 heteroatoms. The summed E-state index contributed by atoms with van der Waals surface area (Å²) in [6.45, 7) is 26.4. The van der Waals surface area contributed by atoms with Gasteiger partial charge in [-0.1, -0.05) is 79.7 Å². The van der Waals surface area contributed by atoms with Gasteiger partial charge >= 0.3 is 14.0 Å². The van der Waals surface area contributed by atoms with Crippen molar-refractivity contribution in [3.8, 4) is 45.3 Å². The van der Waals surface area contributed by atoms with E-state index >= 15 is 0 Å². The molecule has 7 aromatic rings. The molecule has 0 saturated carbocycles. The number of benzene rings is 6. The van der Waals surface area contributed by atoms with Crippen molar-refractivity contribution >= 4 is 70.8 Å². The Labute approximate surface area is 383 Å². The summed E-state index contributed by atoms with van der Waals surface area (Å²) >= 11 is 0. The molecule has 65 heavy (non-hydrogen) atoms. The van der Waals surface area contributed by atoms with Crippen molar-refractivity contribution in [1.29, 1.82) is 0 Å². The van der Waals surface area contributed by atoms with Gasteiger partial charge in [0.1, 0.15) is 22.8 Å². The molecule has 13 rings (SSSR count). The largest absolute Gasteiger partial charge is 0.474 e. The summed E-state index contributed by atoms with van der Waals surface area (Å²) in [6.07, 6.45) is 0. The van der Waals surface area contributed by atoms with Crippen LogP contribution in [-0.4, -0.2) is 14.0 Å². The molecule has 0 fully saturated rings. The molecular weight excluding hydrogens is 798 g/mol. The lowest BCUT2D eigenvalue weighted by Gasteiger charge is -2.37. The number of anilines is 8. The SMILES string of the molecule is Cc1cc2c3c(c1C)Oc1cc(C(C)C)ccc1N3B1c3oc4c(c3-c3cc(C(C)C)ccc3N12)-c1cc(C(C)C)ccc1N1B4N2c3ccc(C(C)C)cc3Oc3c(C)c(C)cc1c32. The summed E-state index contributed by atoms with van der Waals surface area (Å²) in [6, 6.07) is 32.7. The summed E-state index contributed by atoms with van der Waals surface area (Å²) in [5.74, 6) is 5.02. The number of hydrogen-bond acceptors (Lipinski definition) is 7. The normalized spacial score (nSPS) is 15.1. The van der Waals surface area contributed by atoms with Crippen LogP contribution in [0.1, 0.15) is 124 Å². The summed E-state index contributed by atoms with van der Waals surface area (Å²) < 4.78 is 22.1. The van der Waals surface area contributed by atoms with Crippen LogP contribution in [0.3, 0.4) is 0 Å². The predicted molar refractivity (Wildman–Crippen MR) is 270 cm³/mol. The van der Waals surface area contributed by atoms with Crippen LogP contribution in [0.25, 0.3) is 22.3 Å². The first-order valence-electron chi connectivity index (χ1n) is 23.8. The highest BCUT2D eigenvalue weighted by molar-refractivity contribution is 6.89. The zero-order valence-electron chi connectivity index (χ0n) is 39.6. The predicted octanol–water partition coefficient (Wildman–Crippen LogP) is 14.5. The standard InChI is InChI=1S/C56H54B2N4O3/c1-27(2)35-13-17-41-39(23-35)49-50-40-24-36(28(3)4)14-18-42(40)60-46-22-32(10)34(12)54-52(46)62(44-20-16-38(30(7)8)26-48(44)64-54)58(60)56(50)65-55(49)57-59(41)45-21-31(9)33(11)53-51(45)61(57)43-19-15-37(29(5)6)25-47(43)63-53/h13-30H,1-12H3. The molecule has 0 spiro atoms. The fourth-order valence-electron chi connectivity index (χ4n) is 11.6. The van der Waals surface area contributed by atoms with E-state index in [-0.39, 0.29) is 14.0 Å². The maximum atomic E-state index is 7.95. The van der Waals surface area contributed by atoms with Crippen molar-refractivity contribution < 1.29 is 13.9 Å². The third kappa shape index (κ3) is 4.94. The number of hydrogen-bond donors (Lipinski definition) is 0. The van der Waals surface area contributed by atoms with Gasteiger partial charge in [-0.3, -0.25) is 0 Å². The van der Waals surface area contributed by atoms with Crippen LogP contribution in [0.15, 0.2) is 89.3 Å². The van der Waals surface area contributed by atoms with Crippen LogP contribution in [0, 0.1) is 27.7 Å². The van der Waals surface area contributed by atoms with Crippen LogP contribution in [0.5, 0.6) is 23.0 Å². The van der Waals surface area contributed by atoms with Crippen LogP contribution in [0.4, 0.5) is 45.5 Å². The summed E-state index contributed by atoms with van der Waals surface area (Å²) in [5, 5.41) is 0. The van der Waals surface area contributed by atoms with Crippen molar-refractivity contribution in [3.63, 3.8) is 0 Å². The molecule has 0 radical (unpaired) electrons. The Morgan fingerprint density at radius 3 is 1.12 bits per heavy atom. The maximum absolute atomic E-state index is 7.95. The highest BCUT2D eigenvalue weighted by Crippen LogP contribution is 2.64. The van der Waals surface area contributed by atoms with Crippen molar-refractivity contribution in [2.75, 3.05) is 19.2 Å². The molecule has 0 amide bonds. The molecule has 0 N–H and O–H groups in total. The molecule has 0 aliphatic carbocycles. The number of nitrogens with zero attached hydrogens (tertiary/aromatic N) is 4. The number of aryl methyl sites for hydroxylation is 2. The highest BCUT2D eigenvalue weighted by atomic mass is 16.5. The van der Waals surface area contributed by atoms with Gasteiger partial charge in [-0.2, -0.15) is 0 Å². The zero-order valence-corrected chi connectivity index (χ0v) is 39.6. The Kier molecular flexibility index (Phi) is 7.84. The fourth-order valence-corrected chi connectivity index (χ4v) is 11.6. The lowest BCUT2D eigenvalue weighted by Crippen LogP contribution is -2.57. The lowest BCUT2D eigenvalue weighted by atomic mass is 9.60. The summed E-state index contributed by atoms with van der Waals surface area (Å²) in [5.41, 5.74) is 25.5. The van der Waals surface area contributed by atoms with E-state index < -0.39 is 0 Å². The van der Waals surface area contributed by atoms with Crippen LogP contribution in [-0.2, 0) is 0 Å². The van der Waals surface area contributed by atoms with Gasteiger partial charge in [0.15, 0.2) is 11.5 Å². The molecule has 6 aliphatic heterocycles. The topological polar surface area (TPSA) is 44.6 Å². The highest BCUT2D eigenvalue weighted by Gasteiger charge is 2.59. The van der Waals surface area contributed by atoms with E-state index in [2.05, 4.69) is 187 Å². The van der Waals surface area contributed by atoms with E-state index in [4.69, 9.17) is 13.9 Å². The number of furan rings is 1. The van der Waals surface area contributed by atoms with E-state index in [1.807, 2.05) is 0 Å². The molecule has 0 atom stereocenters. The third-order valence-corrected chi connectivity index (χ3v) is 15.6. The van der Waals surface area contributed by atoms with Crippen molar-refractivity contribution in [3.05, 3.63) is 129 Å². The lowest BCUT2D eigenvalue weighted by molar-refractivity contribution is 0.473. The van der Waals surface area contributed by atoms with Gasteiger partial charge in [0, 0.05) is 33.6 Å². The molecule has 322 valence electrons. The second-order valence-electron chi connectivity index (χ2n) is 20.7. The Balaban J connectivity index is 1.15. The molecular formula is C56H54B2N4O3. The molecule has 0 bridgehead atoms. The first kappa shape index (κ1) is 38.9. The Morgan fingerprint density at radius 1 is 0.400 bits per heavy atom. The monoisotopic (exact) mass is 852 g/mol. The molecule has 1 aromatic heterocycles. The van der Waals surface area contributed by atoms with Crippen LogP contribution in [0.2, 0.25) is 0 Å². The molecule has 0 saturated heterocycles. The van der Waals surface area contributed by atoms with Gasteiger partial charge in [0.05, 0.1) is 34.1 Å². The Morgan fingerprint density at radius 2 is 0.754 bits per heavy atom. The second kappa shape index (κ2) is 13.1. The minimum absolute atomic E-state index is 0.310. The van der Waals surface area contributed by atoms with E-state index in [1.165, 1.54) is 67.0 Å². The Bertz CT molecular complexity index is 3080. The Hall–Kier alpha value is -6.47. The minimum Gasteiger partial charge on any atom is -0.474 e. The average Bonchev–Trinajstić information content (AvgIpc) is 3.96. The van der Waals surface area contributed by atoms with Gasteiger partial charge < -0.3 is 33.1 Å². The van der Waals surface area contributed by atoms with Crippen molar-refractivity contribution in [2.45, 2.75) is 107 Å². The quantitative estimate of drug-likeness (QED) is 0.163. The van der Waals surface area contributed by atoms with Crippen molar-refractivity contribution in [1.82, 2.24) is 0 Å². The second-order valence-corrected chi connectivity index (χ2v) is 20.7. The molecule has 6 aromatic carbocycles. The van der Waals surface area contributed by atoms with Crippen LogP contribution >= 0.6 is 0 Å². The molecule has 7 nitrogen and oxygen atoms in total. The fraction of sp³-hybridized carbons (Fsp3) is 0.286. The summed E-state index contributed by atoms with van der Waals surface area (Å²) in [4.78, 5) is 10.2. The van der Waals surface area contributed by atoms with Crippen LogP contribution < -0.4 is 40.0 Å². The third-order valence-electron chi connectivity index (χ3n) is 15.6. The number of rotatable bonds is 4. The van der Waals surface area contributed by atoms with Gasteiger partial charge in [-0.05, 0) is 157 Å². The first-order valence-corrected chi connectivity index (χ1v) is 23.8.